The van der Waals surface area contributed by atoms with Gasteiger partial charge in [0.25, 0.3) is 5.91 Å². The van der Waals surface area contributed by atoms with Gasteiger partial charge < -0.3 is 10.2 Å². The quantitative estimate of drug-likeness (QED) is 0.697. The molecule has 0 radical (unpaired) electrons. The fraction of sp³-hybridized carbons (Fsp3) is 0.409. The molecule has 152 valence electrons. The average molecular weight is 401 g/mol. The van der Waals surface area contributed by atoms with E-state index in [1.807, 2.05) is 12.1 Å². The van der Waals surface area contributed by atoms with Crippen LogP contribution in [0.25, 0.3) is 11.4 Å². The Labute approximate surface area is 174 Å². The van der Waals surface area contributed by atoms with Gasteiger partial charge in [-0.05, 0) is 43.4 Å². The summed E-state index contributed by atoms with van der Waals surface area (Å²) < 4.78 is 0. The van der Waals surface area contributed by atoms with Gasteiger partial charge in [-0.2, -0.15) is 5.10 Å². The molecule has 2 N–H and O–H groups in total. The molecule has 1 amide bonds. The first kappa shape index (κ1) is 17.6. The van der Waals surface area contributed by atoms with Crippen molar-refractivity contribution in [3.63, 3.8) is 0 Å². The van der Waals surface area contributed by atoms with Crippen molar-refractivity contribution in [2.45, 2.75) is 38.0 Å². The van der Waals surface area contributed by atoms with Gasteiger partial charge in [-0.1, -0.05) is 0 Å². The van der Waals surface area contributed by atoms with Crippen molar-refractivity contribution in [1.29, 1.82) is 0 Å². The molecule has 8 nitrogen and oxygen atoms in total. The maximum Gasteiger partial charge on any atom is 0.270 e. The van der Waals surface area contributed by atoms with E-state index in [1.54, 1.807) is 12.4 Å². The molecule has 3 aliphatic rings. The summed E-state index contributed by atoms with van der Waals surface area (Å²) in [5, 5.41) is 10.8. The molecule has 0 saturated heterocycles. The third kappa shape index (κ3) is 2.94. The summed E-state index contributed by atoms with van der Waals surface area (Å²) in [5.41, 5.74) is 6.19. The topological polar surface area (TPSA) is 99.7 Å². The Kier molecular flexibility index (Phi) is 4.04. The van der Waals surface area contributed by atoms with Crippen LogP contribution in [0.3, 0.4) is 0 Å². The Bertz CT molecular complexity index is 1120. The molecular formula is C22H23N7O. The van der Waals surface area contributed by atoms with E-state index in [9.17, 15) is 4.79 Å². The van der Waals surface area contributed by atoms with Gasteiger partial charge in [0.1, 0.15) is 11.5 Å². The largest absolute Gasteiger partial charge is 0.356 e. The molecule has 3 aromatic heterocycles. The molecule has 2 aliphatic heterocycles. The number of pyridine rings is 1. The number of hydrogen-bond donors (Lipinski definition) is 2. The molecule has 8 heteroatoms. The molecule has 6 rings (SSSR count). The van der Waals surface area contributed by atoms with Crippen molar-refractivity contribution in [2.75, 3.05) is 24.5 Å². The van der Waals surface area contributed by atoms with Crippen molar-refractivity contribution in [1.82, 2.24) is 30.5 Å². The van der Waals surface area contributed by atoms with E-state index >= 15 is 0 Å². The maximum absolute atomic E-state index is 12.6. The number of amides is 1. The molecule has 0 unspecified atom stereocenters. The second kappa shape index (κ2) is 6.90. The summed E-state index contributed by atoms with van der Waals surface area (Å²) >= 11 is 0. The van der Waals surface area contributed by atoms with Gasteiger partial charge >= 0.3 is 0 Å². The minimum atomic E-state index is -0.120. The lowest BCUT2D eigenvalue weighted by Crippen LogP contribution is -2.36. The molecular weight excluding hydrogens is 378 g/mol. The molecule has 30 heavy (non-hydrogen) atoms. The Balaban J connectivity index is 1.39. The van der Waals surface area contributed by atoms with E-state index < -0.39 is 0 Å². The highest BCUT2D eigenvalue weighted by Gasteiger charge is 2.32. The summed E-state index contributed by atoms with van der Waals surface area (Å²) in [6, 6.07) is 3.79. The minimum Gasteiger partial charge on any atom is -0.356 e. The first-order valence-electron chi connectivity index (χ1n) is 10.7. The molecule has 1 fully saturated rings. The summed E-state index contributed by atoms with van der Waals surface area (Å²) in [6.45, 7) is 2.33. The lowest BCUT2D eigenvalue weighted by molar-refractivity contribution is 0.0940. The fourth-order valence-corrected chi connectivity index (χ4v) is 4.58. The molecule has 1 aliphatic carbocycles. The molecule has 5 heterocycles. The summed E-state index contributed by atoms with van der Waals surface area (Å²) in [7, 11) is 0. The maximum atomic E-state index is 12.6. The number of H-pyrrole nitrogens is 1. The zero-order chi connectivity index (χ0) is 20.1. The van der Waals surface area contributed by atoms with Crippen LogP contribution in [0.4, 0.5) is 5.82 Å². The van der Waals surface area contributed by atoms with Gasteiger partial charge in [0.05, 0.1) is 5.69 Å². The first-order chi connectivity index (χ1) is 14.8. The van der Waals surface area contributed by atoms with Crippen molar-refractivity contribution in [2.24, 2.45) is 0 Å². The van der Waals surface area contributed by atoms with Gasteiger partial charge in [-0.15, -0.1) is 0 Å². The SMILES string of the molecule is O=C1NCCc2c1nc(-c1cccnc1)nc2N1CCc2[nH]nc(C3CC3)c2CC1. The van der Waals surface area contributed by atoms with Crippen LogP contribution in [-0.4, -0.2) is 50.7 Å². The first-order valence-corrected chi connectivity index (χ1v) is 10.7. The number of aromatic amines is 1. The summed E-state index contributed by atoms with van der Waals surface area (Å²) in [4.78, 5) is 28.7. The van der Waals surface area contributed by atoms with Crippen molar-refractivity contribution >= 4 is 11.7 Å². The highest BCUT2D eigenvalue weighted by molar-refractivity contribution is 5.96. The van der Waals surface area contributed by atoms with Gasteiger partial charge in [0.2, 0.25) is 0 Å². The summed E-state index contributed by atoms with van der Waals surface area (Å²) in [6.07, 6.45) is 8.58. The molecule has 0 spiro atoms. The van der Waals surface area contributed by atoms with E-state index in [0.29, 0.717) is 24.0 Å². The zero-order valence-electron chi connectivity index (χ0n) is 16.7. The van der Waals surface area contributed by atoms with Crippen LogP contribution in [0.2, 0.25) is 0 Å². The number of rotatable bonds is 3. The Morgan fingerprint density at radius 3 is 2.80 bits per heavy atom. The number of fused-ring (bicyclic) bond motifs is 2. The molecule has 1 saturated carbocycles. The number of hydrogen-bond acceptors (Lipinski definition) is 6. The van der Waals surface area contributed by atoms with Crippen molar-refractivity contribution in [3.05, 3.63) is 52.7 Å². The Morgan fingerprint density at radius 2 is 1.97 bits per heavy atom. The highest BCUT2D eigenvalue weighted by atomic mass is 16.1. The van der Waals surface area contributed by atoms with Crippen LogP contribution in [-0.2, 0) is 19.3 Å². The van der Waals surface area contributed by atoms with Crippen LogP contribution in [0, 0.1) is 0 Å². The molecule has 0 aromatic carbocycles. The Morgan fingerprint density at radius 1 is 1.07 bits per heavy atom. The number of nitrogens with one attached hydrogen (secondary N) is 2. The number of aromatic nitrogens is 5. The van der Waals surface area contributed by atoms with Crippen molar-refractivity contribution < 1.29 is 4.79 Å². The number of carbonyl (C=O) groups excluding carboxylic acids is 1. The molecule has 3 aromatic rings. The van der Waals surface area contributed by atoms with E-state index in [-0.39, 0.29) is 5.91 Å². The lowest BCUT2D eigenvalue weighted by Gasteiger charge is -2.27. The normalized spacial score (nSPS) is 18.4. The van der Waals surface area contributed by atoms with E-state index in [0.717, 1.165) is 49.3 Å². The smallest absolute Gasteiger partial charge is 0.270 e. The van der Waals surface area contributed by atoms with E-state index in [2.05, 4.69) is 30.4 Å². The van der Waals surface area contributed by atoms with Gasteiger partial charge in [0, 0.05) is 61.2 Å². The van der Waals surface area contributed by atoms with Gasteiger partial charge in [-0.3, -0.25) is 14.9 Å². The third-order valence-corrected chi connectivity index (χ3v) is 6.29. The monoisotopic (exact) mass is 401 g/mol. The molecule has 0 bridgehead atoms. The highest BCUT2D eigenvalue weighted by Crippen LogP contribution is 2.42. The molecule has 0 atom stereocenters. The van der Waals surface area contributed by atoms with Crippen LogP contribution >= 0.6 is 0 Å². The van der Waals surface area contributed by atoms with Crippen LogP contribution in [0.15, 0.2) is 24.5 Å². The summed E-state index contributed by atoms with van der Waals surface area (Å²) in [5.74, 6) is 1.96. The predicted molar refractivity (Wildman–Crippen MR) is 111 cm³/mol. The average Bonchev–Trinajstić information content (AvgIpc) is 3.58. The standard InChI is InChI=1S/C22H23N7O/c30-22-19-16(5-9-24-22)21(26-20(25-19)14-2-1-8-23-12-14)29-10-6-15-17(7-11-29)27-28-18(15)13-3-4-13/h1-2,8,12-13H,3-7,9-11H2,(H,24,30)(H,27,28). The second-order valence-corrected chi connectivity index (χ2v) is 8.27. The number of anilines is 1. The van der Waals surface area contributed by atoms with Gasteiger partial charge in [-0.25, -0.2) is 9.97 Å². The van der Waals surface area contributed by atoms with Crippen LogP contribution < -0.4 is 10.2 Å². The zero-order valence-corrected chi connectivity index (χ0v) is 16.7. The van der Waals surface area contributed by atoms with Crippen LogP contribution in [0.1, 0.15) is 51.8 Å². The third-order valence-electron chi connectivity index (χ3n) is 6.29. The van der Waals surface area contributed by atoms with E-state index in [4.69, 9.17) is 4.98 Å². The lowest BCUT2D eigenvalue weighted by atomic mass is 10.0. The Hall–Kier alpha value is -3.29. The predicted octanol–water partition coefficient (Wildman–Crippen LogP) is 2.03. The number of carbonyl (C=O) groups is 1. The van der Waals surface area contributed by atoms with Gasteiger partial charge in [0.15, 0.2) is 5.82 Å². The minimum absolute atomic E-state index is 0.120. The fourth-order valence-electron chi connectivity index (χ4n) is 4.58. The second-order valence-electron chi connectivity index (χ2n) is 8.27. The van der Waals surface area contributed by atoms with E-state index in [1.165, 1.54) is 29.8 Å². The number of nitrogens with zero attached hydrogens (tertiary/aromatic N) is 5. The van der Waals surface area contributed by atoms with Crippen LogP contribution in [0.5, 0.6) is 0 Å². The van der Waals surface area contributed by atoms with Crippen molar-refractivity contribution in [3.8, 4) is 11.4 Å².